The molecule has 0 saturated carbocycles. The summed E-state index contributed by atoms with van der Waals surface area (Å²) in [7, 11) is 0. The van der Waals surface area contributed by atoms with Gasteiger partial charge >= 0.3 is 0 Å². The standard InChI is InChI=1S/C20H26N2O2S/c1-14-3-4-18-16(11-14)12-19(25-18)20(23)22-8-7-21(13-15(22)2)17-5-9-24-10-6-17/h3-4,11-12,15,17H,5-10,13H2,1-2H3/t15-/m1/s1. The fourth-order valence-electron chi connectivity index (χ4n) is 4.08. The van der Waals surface area contributed by atoms with Crippen LogP contribution in [0.15, 0.2) is 24.3 Å². The Morgan fingerprint density at radius 3 is 2.76 bits per heavy atom. The van der Waals surface area contributed by atoms with Gasteiger partial charge in [-0.3, -0.25) is 9.69 Å². The molecular formula is C20H26N2O2S. The van der Waals surface area contributed by atoms with Gasteiger partial charge in [0.2, 0.25) is 0 Å². The predicted molar refractivity (Wildman–Crippen MR) is 102 cm³/mol. The van der Waals surface area contributed by atoms with E-state index in [0.717, 1.165) is 50.6 Å². The van der Waals surface area contributed by atoms with E-state index in [1.165, 1.54) is 15.6 Å². The average molecular weight is 359 g/mol. The van der Waals surface area contributed by atoms with Gasteiger partial charge in [-0.15, -0.1) is 11.3 Å². The van der Waals surface area contributed by atoms with Crippen molar-refractivity contribution < 1.29 is 9.53 Å². The number of carbonyl (C=O) groups excluding carboxylic acids is 1. The van der Waals surface area contributed by atoms with E-state index in [1.807, 2.05) is 0 Å². The number of fused-ring (bicyclic) bond motifs is 1. The molecule has 1 amide bonds. The highest BCUT2D eigenvalue weighted by Crippen LogP contribution is 2.29. The van der Waals surface area contributed by atoms with Crippen LogP contribution in [-0.2, 0) is 4.74 Å². The predicted octanol–water partition coefficient (Wildman–Crippen LogP) is 3.54. The molecule has 1 atom stereocenters. The van der Waals surface area contributed by atoms with Crippen molar-refractivity contribution >= 4 is 27.3 Å². The summed E-state index contributed by atoms with van der Waals surface area (Å²) in [4.78, 5) is 18.5. The van der Waals surface area contributed by atoms with Gasteiger partial charge in [0.25, 0.3) is 5.91 Å². The number of ether oxygens (including phenoxy) is 1. The molecule has 5 heteroatoms. The molecule has 0 aliphatic carbocycles. The number of rotatable bonds is 2. The van der Waals surface area contributed by atoms with Crippen LogP contribution in [0.5, 0.6) is 0 Å². The molecule has 0 spiro atoms. The van der Waals surface area contributed by atoms with E-state index in [1.54, 1.807) is 11.3 Å². The van der Waals surface area contributed by atoms with Gasteiger partial charge < -0.3 is 9.64 Å². The Hall–Kier alpha value is -1.43. The molecule has 0 radical (unpaired) electrons. The summed E-state index contributed by atoms with van der Waals surface area (Å²) in [6, 6.07) is 9.35. The summed E-state index contributed by atoms with van der Waals surface area (Å²) in [5.41, 5.74) is 1.24. The molecular weight excluding hydrogens is 332 g/mol. The van der Waals surface area contributed by atoms with Gasteiger partial charge in [0.1, 0.15) is 0 Å². The Morgan fingerprint density at radius 1 is 1.20 bits per heavy atom. The lowest BCUT2D eigenvalue weighted by molar-refractivity contribution is 0.000853. The zero-order valence-corrected chi connectivity index (χ0v) is 15.8. The van der Waals surface area contributed by atoms with Crippen LogP contribution in [0.4, 0.5) is 0 Å². The summed E-state index contributed by atoms with van der Waals surface area (Å²) in [5.74, 6) is 0.193. The van der Waals surface area contributed by atoms with Crippen molar-refractivity contribution in [2.75, 3.05) is 32.8 Å². The molecule has 0 N–H and O–H groups in total. The summed E-state index contributed by atoms with van der Waals surface area (Å²) in [6.07, 6.45) is 2.24. The summed E-state index contributed by atoms with van der Waals surface area (Å²) in [5, 5.41) is 1.18. The third-order valence-electron chi connectivity index (χ3n) is 5.51. The number of aryl methyl sites for hydroxylation is 1. The van der Waals surface area contributed by atoms with E-state index in [2.05, 4.69) is 47.9 Å². The van der Waals surface area contributed by atoms with Gasteiger partial charge in [-0.05, 0) is 44.2 Å². The Balaban J connectivity index is 1.46. The first-order valence-corrected chi connectivity index (χ1v) is 10.1. The maximum absolute atomic E-state index is 13.0. The molecule has 2 aromatic rings. The SMILES string of the molecule is Cc1ccc2sc(C(=O)N3CCN(C4CCOCC4)C[C@H]3C)cc2c1. The van der Waals surface area contributed by atoms with Crippen molar-refractivity contribution in [2.24, 2.45) is 0 Å². The van der Waals surface area contributed by atoms with Crippen molar-refractivity contribution in [3.05, 3.63) is 34.7 Å². The molecule has 0 bridgehead atoms. The van der Waals surface area contributed by atoms with E-state index in [0.29, 0.717) is 6.04 Å². The molecule has 0 unspecified atom stereocenters. The Bertz CT molecular complexity index is 766. The van der Waals surface area contributed by atoms with E-state index in [4.69, 9.17) is 4.74 Å². The first kappa shape index (κ1) is 17.0. The normalized spacial score (nSPS) is 23.3. The number of hydrogen-bond donors (Lipinski definition) is 0. The Morgan fingerprint density at radius 2 is 2.00 bits per heavy atom. The highest BCUT2D eigenvalue weighted by molar-refractivity contribution is 7.20. The van der Waals surface area contributed by atoms with Gasteiger partial charge in [0.15, 0.2) is 0 Å². The largest absolute Gasteiger partial charge is 0.381 e. The average Bonchev–Trinajstić information content (AvgIpc) is 3.05. The molecule has 2 aliphatic heterocycles. The van der Waals surface area contributed by atoms with E-state index < -0.39 is 0 Å². The summed E-state index contributed by atoms with van der Waals surface area (Å²) >= 11 is 1.62. The molecule has 1 aromatic heterocycles. The summed E-state index contributed by atoms with van der Waals surface area (Å²) < 4.78 is 6.68. The molecule has 134 valence electrons. The smallest absolute Gasteiger partial charge is 0.264 e. The van der Waals surface area contributed by atoms with Crippen molar-refractivity contribution in [3.63, 3.8) is 0 Å². The second-order valence-corrected chi connectivity index (χ2v) is 8.42. The number of piperazine rings is 1. The van der Waals surface area contributed by atoms with Crippen molar-refractivity contribution in [2.45, 2.75) is 38.8 Å². The summed E-state index contributed by atoms with van der Waals surface area (Å²) in [6.45, 7) is 8.80. The van der Waals surface area contributed by atoms with Gasteiger partial charge in [0, 0.05) is 49.6 Å². The fraction of sp³-hybridized carbons (Fsp3) is 0.550. The number of carbonyl (C=O) groups is 1. The number of thiophene rings is 1. The lowest BCUT2D eigenvalue weighted by Crippen LogP contribution is -2.57. The minimum Gasteiger partial charge on any atom is -0.381 e. The van der Waals surface area contributed by atoms with Crippen molar-refractivity contribution in [3.8, 4) is 0 Å². The first-order chi connectivity index (χ1) is 12.1. The Labute approximate surface area is 153 Å². The lowest BCUT2D eigenvalue weighted by atomic mass is 10.0. The molecule has 25 heavy (non-hydrogen) atoms. The molecule has 4 nitrogen and oxygen atoms in total. The monoisotopic (exact) mass is 358 g/mol. The highest BCUT2D eigenvalue weighted by atomic mass is 32.1. The quantitative estimate of drug-likeness (QED) is 0.823. The minimum absolute atomic E-state index is 0.193. The zero-order chi connectivity index (χ0) is 17.4. The molecule has 4 rings (SSSR count). The molecule has 3 heterocycles. The van der Waals surface area contributed by atoms with E-state index in [9.17, 15) is 4.79 Å². The van der Waals surface area contributed by atoms with Gasteiger partial charge in [-0.1, -0.05) is 17.7 Å². The lowest BCUT2D eigenvalue weighted by Gasteiger charge is -2.44. The molecule has 1 aromatic carbocycles. The van der Waals surface area contributed by atoms with Crippen LogP contribution in [0.3, 0.4) is 0 Å². The van der Waals surface area contributed by atoms with Crippen LogP contribution in [0, 0.1) is 6.92 Å². The number of nitrogens with zero attached hydrogens (tertiary/aromatic N) is 2. The minimum atomic E-state index is 0.193. The third kappa shape index (κ3) is 3.46. The van der Waals surface area contributed by atoms with Crippen LogP contribution in [0.25, 0.3) is 10.1 Å². The van der Waals surface area contributed by atoms with Crippen LogP contribution >= 0.6 is 11.3 Å². The van der Waals surface area contributed by atoms with Crippen LogP contribution in [-0.4, -0.2) is 60.6 Å². The number of hydrogen-bond acceptors (Lipinski definition) is 4. The van der Waals surface area contributed by atoms with E-state index >= 15 is 0 Å². The van der Waals surface area contributed by atoms with Crippen LogP contribution in [0.2, 0.25) is 0 Å². The second kappa shape index (κ2) is 7.06. The maximum atomic E-state index is 13.0. The zero-order valence-electron chi connectivity index (χ0n) is 15.0. The Kier molecular flexibility index (Phi) is 4.80. The molecule has 2 aliphatic rings. The maximum Gasteiger partial charge on any atom is 0.264 e. The van der Waals surface area contributed by atoms with Gasteiger partial charge in [-0.25, -0.2) is 0 Å². The van der Waals surface area contributed by atoms with Crippen LogP contribution in [0.1, 0.15) is 35.0 Å². The van der Waals surface area contributed by atoms with Crippen molar-refractivity contribution in [1.29, 1.82) is 0 Å². The van der Waals surface area contributed by atoms with E-state index in [-0.39, 0.29) is 11.9 Å². The third-order valence-corrected chi connectivity index (χ3v) is 6.61. The topological polar surface area (TPSA) is 32.8 Å². The number of benzene rings is 1. The number of amides is 1. The second-order valence-electron chi connectivity index (χ2n) is 7.34. The molecule has 2 saturated heterocycles. The highest BCUT2D eigenvalue weighted by Gasteiger charge is 2.32. The van der Waals surface area contributed by atoms with Gasteiger partial charge in [0.05, 0.1) is 4.88 Å². The van der Waals surface area contributed by atoms with Crippen LogP contribution < -0.4 is 0 Å². The molecule has 2 fully saturated rings. The first-order valence-electron chi connectivity index (χ1n) is 9.25. The van der Waals surface area contributed by atoms with Gasteiger partial charge in [-0.2, -0.15) is 0 Å². The fourth-order valence-corrected chi connectivity index (χ4v) is 5.08. The van der Waals surface area contributed by atoms with Crippen molar-refractivity contribution in [1.82, 2.24) is 9.80 Å².